The zero-order valence-corrected chi connectivity index (χ0v) is 17.9. The van der Waals surface area contributed by atoms with Crippen LogP contribution in [0.4, 0.5) is 5.69 Å². The maximum absolute atomic E-state index is 13.0. The Bertz CT molecular complexity index is 1130. The SMILES string of the molecule is Cc1ccc(C=CC(=O)N2CCN(S(=O)(=O)c3ccc4c(c3)NC(=O)CO4)CC2)cc1. The first-order chi connectivity index (χ1) is 14.8. The first kappa shape index (κ1) is 21.1. The topological polar surface area (TPSA) is 96.0 Å². The molecule has 0 unspecified atom stereocenters. The number of amides is 2. The van der Waals surface area contributed by atoms with E-state index in [-0.39, 0.29) is 36.4 Å². The van der Waals surface area contributed by atoms with Gasteiger partial charge in [0.25, 0.3) is 5.91 Å². The van der Waals surface area contributed by atoms with Crippen molar-refractivity contribution in [2.45, 2.75) is 11.8 Å². The Hall–Kier alpha value is -3.17. The van der Waals surface area contributed by atoms with Crippen molar-refractivity contribution in [1.82, 2.24) is 9.21 Å². The molecule has 0 radical (unpaired) electrons. The van der Waals surface area contributed by atoms with Crippen LogP contribution in [0.3, 0.4) is 0 Å². The fourth-order valence-corrected chi connectivity index (χ4v) is 4.92. The second-order valence-corrected chi connectivity index (χ2v) is 9.41. The van der Waals surface area contributed by atoms with Crippen LogP contribution in [0.2, 0.25) is 0 Å². The molecule has 2 aromatic carbocycles. The van der Waals surface area contributed by atoms with Crippen LogP contribution in [0.5, 0.6) is 5.75 Å². The van der Waals surface area contributed by atoms with E-state index in [4.69, 9.17) is 4.74 Å². The van der Waals surface area contributed by atoms with Gasteiger partial charge in [0, 0.05) is 32.3 Å². The number of sulfonamides is 1. The maximum Gasteiger partial charge on any atom is 0.262 e. The van der Waals surface area contributed by atoms with E-state index in [0.717, 1.165) is 11.1 Å². The molecule has 2 heterocycles. The molecule has 2 aromatic rings. The van der Waals surface area contributed by atoms with Gasteiger partial charge in [-0.1, -0.05) is 29.8 Å². The van der Waals surface area contributed by atoms with Crippen LogP contribution in [0, 0.1) is 6.92 Å². The van der Waals surface area contributed by atoms with Crippen molar-refractivity contribution in [2.75, 3.05) is 38.1 Å². The molecule has 0 aromatic heterocycles. The molecular weight excluding hydrogens is 418 g/mol. The Balaban J connectivity index is 1.40. The third kappa shape index (κ3) is 4.62. The monoisotopic (exact) mass is 441 g/mol. The summed E-state index contributed by atoms with van der Waals surface area (Å²) in [6.07, 6.45) is 3.27. The lowest BCUT2D eigenvalue weighted by Crippen LogP contribution is -2.50. The predicted molar refractivity (Wildman–Crippen MR) is 116 cm³/mol. The van der Waals surface area contributed by atoms with Gasteiger partial charge in [0.1, 0.15) is 5.75 Å². The van der Waals surface area contributed by atoms with E-state index >= 15 is 0 Å². The largest absolute Gasteiger partial charge is 0.482 e. The van der Waals surface area contributed by atoms with Crippen LogP contribution in [0.25, 0.3) is 6.08 Å². The number of hydrogen-bond donors (Lipinski definition) is 1. The second-order valence-electron chi connectivity index (χ2n) is 7.47. The van der Waals surface area contributed by atoms with Crippen molar-refractivity contribution < 1.29 is 22.7 Å². The Morgan fingerprint density at radius 2 is 1.77 bits per heavy atom. The number of carbonyl (C=O) groups is 2. The van der Waals surface area contributed by atoms with E-state index in [9.17, 15) is 18.0 Å². The molecule has 0 spiro atoms. The summed E-state index contributed by atoms with van der Waals surface area (Å²) in [6, 6.07) is 12.2. The molecule has 2 aliphatic rings. The number of piperazine rings is 1. The van der Waals surface area contributed by atoms with E-state index in [1.807, 2.05) is 31.2 Å². The van der Waals surface area contributed by atoms with Crippen molar-refractivity contribution >= 4 is 33.6 Å². The average molecular weight is 442 g/mol. The summed E-state index contributed by atoms with van der Waals surface area (Å²) in [6.45, 7) is 2.93. The van der Waals surface area contributed by atoms with E-state index in [1.54, 1.807) is 11.0 Å². The van der Waals surface area contributed by atoms with E-state index in [0.29, 0.717) is 24.5 Å². The summed E-state index contributed by atoms with van der Waals surface area (Å²) in [5.74, 6) is -0.0338. The molecule has 0 atom stereocenters. The van der Waals surface area contributed by atoms with Gasteiger partial charge in [-0.05, 0) is 36.8 Å². The van der Waals surface area contributed by atoms with Crippen molar-refractivity contribution in [3.63, 3.8) is 0 Å². The highest BCUT2D eigenvalue weighted by atomic mass is 32.2. The molecule has 4 rings (SSSR count). The molecule has 8 nitrogen and oxygen atoms in total. The van der Waals surface area contributed by atoms with Crippen LogP contribution >= 0.6 is 0 Å². The predicted octanol–water partition coefficient (Wildman–Crippen LogP) is 1.87. The lowest BCUT2D eigenvalue weighted by atomic mass is 10.1. The van der Waals surface area contributed by atoms with Gasteiger partial charge in [-0.2, -0.15) is 4.31 Å². The summed E-state index contributed by atoms with van der Waals surface area (Å²) < 4.78 is 32.7. The molecular formula is C22H23N3O5S. The zero-order valence-electron chi connectivity index (χ0n) is 17.1. The van der Waals surface area contributed by atoms with Crippen molar-refractivity contribution in [2.24, 2.45) is 0 Å². The summed E-state index contributed by atoms with van der Waals surface area (Å²) in [4.78, 5) is 25.7. The van der Waals surface area contributed by atoms with Crippen LogP contribution in [0.15, 0.2) is 53.4 Å². The Kier molecular flexibility index (Phi) is 5.79. The number of carbonyl (C=O) groups excluding carboxylic acids is 2. The minimum Gasteiger partial charge on any atom is -0.482 e. The van der Waals surface area contributed by atoms with Crippen LogP contribution in [-0.2, 0) is 19.6 Å². The standard InChI is InChI=1S/C22H23N3O5S/c1-16-2-4-17(5-3-16)6-9-22(27)24-10-12-25(13-11-24)31(28,29)18-7-8-20-19(14-18)23-21(26)15-30-20/h2-9,14H,10-13,15H2,1H3,(H,23,26). The summed E-state index contributed by atoms with van der Waals surface area (Å²) in [5, 5.41) is 2.62. The summed E-state index contributed by atoms with van der Waals surface area (Å²) in [5.41, 5.74) is 2.42. The normalized spacial score (nSPS) is 17.2. The molecule has 162 valence electrons. The summed E-state index contributed by atoms with van der Waals surface area (Å²) in [7, 11) is -3.75. The number of nitrogens with one attached hydrogen (secondary N) is 1. The van der Waals surface area contributed by atoms with E-state index in [1.165, 1.54) is 28.6 Å². The maximum atomic E-state index is 13.0. The highest BCUT2D eigenvalue weighted by Gasteiger charge is 2.30. The number of benzene rings is 2. The molecule has 1 saturated heterocycles. The second kappa shape index (κ2) is 8.52. The first-order valence-electron chi connectivity index (χ1n) is 9.93. The van der Waals surface area contributed by atoms with E-state index in [2.05, 4.69) is 5.32 Å². The van der Waals surface area contributed by atoms with Gasteiger partial charge in [0.2, 0.25) is 15.9 Å². The molecule has 2 amide bonds. The Morgan fingerprint density at radius 1 is 1.06 bits per heavy atom. The highest BCUT2D eigenvalue weighted by molar-refractivity contribution is 7.89. The fraction of sp³-hybridized carbons (Fsp3) is 0.273. The van der Waals surface area contributed by atoms with Gasteiger partial charge < -0.3 is 15.0 Å². The van der Waals surface area contributed by atoms with Crippen molar-refractivity contribution in [3.05, 3.63) is 59.7 Å². The van der Waals surface area contributed by atoms with Crippen molar-refractivity contribution in [3.8, 4) is 5.75 Å². The van der Waals surface area contributed by atoms with Crippen molar-refractivity contribution in [1.29, 1.82) is 0 Å². The number of ether oxygens (including phenoxy) is 1. The molecule has 31 heavy (non-hydrogen) atoms. The van der Waals surface area contributed by atoms with Crippen LogP contribution in [0.1, 0.15) is 11.1 Å². The Labute approximate surface area is 181 Å². The number of hydrogen-bond acceptors (Lipinski definition) is 5. The molecule has 2 aliphatic heterocycles. The smallest absolute Gasteiger partial charge is 0.262 e. The Morgan fingerprint density at radius 3 is 2.48 bits per heavy atom. The number of fused-ring (bicyclic) bond motifs is 1. The molecule has 0 saturated carbocycles. The summed E-state index contributed by atoms with van der Waals surface area (Å²) >= 11 is 0. The molecule has 1 N–H and O–H groups in total. The number of nitrogens with zero attached hydrogens (tertiary/aromatic N) is 2. The third-order valence-electron chi connectivity index (χ3n) is 5.27. The number of aryl methyl sites for hydroxylation is 1. The zero-order chi connectivity index (χ0) is 22.0. The minimum absolute atomic E-state index is 0.0797. The molecule has 0 bridgehead atoms. The molecule has 9 heteroatoms. The number of rotatable bonds is 4. The fourth-order valence-electron chi connectivity index (χ4n) is 3.47. The minimum atomic E-state index is -3.75. The first-order valence-corrected chi connectivity index (χ1v) is 11.4. The van der Waals surface area contributed by atoms with Gasteiger partial charge in [-0.25, -0.2) is 8.42 Å². The lowest BCUT2D eigenvalue weighted by molar-refractivity contribution is -0.127. The number of anilines is 1. The average Bonchev–Trinajstić information content (AvgIpc) is 2.78. The molecule has 1 fully saturated rings. The quantitative estimate of drug-likeness (QED) is 0.731. The highest BCUT2D eigenvalue weighted by Crippen LogP contribution is 2.31. The third-order valence-corrected chi connectivity index (χ3v) is 7.16. The van der Waals surface area contributed by atoms with Gasteiger partial charge >= 0.3 is 0 Å². The van der Waals surface area contributed by atoms with Gasteiger partial charge in [-0.15, -0.1) is 0 Å². The van der Waals surface area contributed by atoms with Gasteiger partial charge in [0.15, 0.2) is 6.61 Å². The van der Waals surface area contributed by atoms with Crippen LogP contribution < -0.4 is 10.1 Å². The van der Waals surface area contributed by atoms with Gasteiger partial charge in [0.05, 0.1) is 10.6 Å². The van der Waals surface area contributed by atoms with Crippen LogP contribution in [-0.4, -0.2) is 62.2 Å². The van der Waals surface area contributed by atoms with Gasteiger partial charge in [-0.3, -0.25) is 9.59 Å². The molecule has 0 aliphatic carbocycles. The van der Waals surface area contributed by atoms with E-state index < -0.39 is 10.0 Å². The lowest BCUT2D eigenvalue weighted by Gasteiger charge is -2.33.